The highest BCUT2D eigenvalue weighted by molar-refractivity contribution is 5.92. The van der Waals surface area contributed by atoms with Crippen LogP contribution in [0.4, 0.5) is 0 Å². The second-order valence-corrected chi connectivity index (χ2v) is 5.06. The van der Waals surface area contributed by atoms with E-state index in [9.17, 15) is 4.79 Å². The van der Waals surface area contributed by atoms with Gasteiger partial charge < -0.3 is 14.4 Å². The number of furan rings is 1. The van der Waals surface area contributed by atoms with E-state index in [1.165, 1.54) is 6.26 Å². The first-order valence-electron chi connectivity index (χ1n) is 6.49. The summed E-state index contributed by atoms with van der Waals surface area (Å²) >= 11 is 0. The number of carbonyl (C=O) groups is 1. The third kappa shape index (κ3) is 1.93. The van der Waals surface area contributed by atoms with Crippen molar-refractivity contribution in [2.24, 2.45) is 0 Å². The van der Waals surface area contributed by atoms with E-state index in [1.807, 2.05) is 4.90 Å². The molecule has 2 aliphatic rings. The molecular weight excluding hydrogens is 232 g/mol. The molecule has 2 saturated heterocycles. The molecule has 98 valence electrons. The van der Waals surface area contributed by atoms with Crippen LogP contribution >= 0.6 is 0 Å². The summed E-state index contributed by atoms with van der Waals surface area (Å²) < 4.78 is 5.20. The van der Waals surface area contributed by atoms with Crippen LogP contribution in [-0.2, 0) is 0 Å². The zero-order chi connectivity index (χ0) is 12.5. The molecule has 1 amide bonds. The number of hydrogen-bond donors (Lipinski definition) is 1. The molecule has 3 heterocycles. The number of piperazine rings is 1. The van der Waals surface area contributed by atoms with Crippen molar-refractivity contribution in [1.82, 2.24) is 9.80 Å². The molecule has 0 saturated carbocycles. The molecule has 2 bridgehead atoms. The van der Waals surface area contributed by atoms with Gasteiger partial charge in [0.1, 0.15) is 0 Å². The smallest absolute Gasteiger partial charge is 0.290 e. The van der Waals surface area contributed by atoms with Crippen molar-refractivity contribution >= 4 is 5.91 Å². The molecule has 1 N–H and O–H groups in total. The van der Waals surface area contributed by atoms with Crippen LogP contribution in [0, 0.1) is 0 Å². The largest absolute Gasteiger partial charge is 0.459 e. The summed E-state index contributed by atoms with van der Waals surface area (Å²) in [4.78, 5) is 16.6. The number of rotatable bonds is 3. The molecule has 2 aliphatic heterocycles. The summed E-state index contributed by atoms with van der Waals surface area (Å²) in [5.41, 5.74) is 0. The van der Waals surface area contributed by atoms with E-state index in [0.717, 1.165) is 25.9 Å². The molecule has 3 rings (SSSR count). The van der Waals surface area contributed by atoms with Crippen LogP contribution in [0.25, 0.3) is 0 Å². The summed E-state index contributed by atoms with van der Waals surface area (Å²) in [6, 6.07) is 4.01. The lowest BCUT2D eigenvalue weighted by molar-refractivity contribution is 0.0360. The maximum atomic E-state index is 12.4. The first kappa shape index (κ1) is 11.7. The van der Waals surface area contributed by atoms with Gasteiger partial charge in [0.15, 0.2) is 5.76 Å². The van der Waals surface area contributed by atoms with Crippen molar-refractivity contribution in [1.29, 1.82) is 0 Å². The lowest BCUT2D eigenvalue weighted by atomic mass is 10.1. The zero-order valence-electron chi connectivity index (χ0n) is 10.3. The minimum absolute atomic E-state index is 0.0103. The van der Waals surface area contributed by atoms with Gasteiger partial charge in [-0.05, 0) is 25.0 Å². The van der Waals surface area contributed by atoms with E-state index in [-0.39, 0.29) is 24.6 Å². The Balaban J connectivity index is 1.74. The second kappa shape index (κ2) is 4.74. The maximum Gasteiger partial charge on any atom is 0.290 e. The van der Waals surface area contributed by atoms with E-state index in [2.05, 4.69) is 4.90 Å². The Morgan fingerprint density at radius 1 is 1.39 bits per heavy atom. The Hall–Kier alpha value is -1.33. The van der Waals surface area contributed by atoms with Crippen LogP contribution in [0.15, 0.2) is 22.8 Å². The Bertz CT molecular complexity index is 404. The fourth-order valence-corrected chi connectivity index (χ4v) is 3.17. The van der Waals surface area contributed by atoms with Gasteiger partial charge in [0.05, 0.1) is 12.9 Å². The van der Waals surface area contributed by atoms with Crippen LogP contribution in [0.2, 0.25) is 0 Å². The van der Waals surface area contributed by atoms with Gasteiger partial charge >= 0.3 is 0 Å². The number of likely N-dealkylation sites (tertiary alicyclic amines) is 1. The van der Waals surface area contributed by atoms with Gasteiger partial charge in [-0.25, -0.2) is 0 Å². The van der Waals surface area contributed by atoms with Crippen LogP contribution in [0.5, 0.6) is 0 Å². The quantitative estimate of drug-likeness (QED) is 0.851. The van der Waals surface area contributed by atoms with E-state index in [4.69, 9.17) is 9.52 Å². The Morgan fingerprint density at radius 2 is 2.11 bits per heavy atom. The molecule has 0 aromatic carbocycles. The normalized spacial score (nSPS) is 27.7. The van der Waals surface area contributed by atoms with E-state index < -0.39 is 0 Å². The number of hydrogen-bond acceptors (Lipinski definition) is 4. The van der Waals surface area contributed by atoms with E-state index in [1.54, 1.807) is 12.1 Å². The number of β-amino-alcohol motifs (C(OH)–C–C–N with tert-alkyl or cyclic N) is 1. The number of carbonyl (C=O) groups excluding carboxylic acids is 1. The van der Waals surface area contributed by atoms with E-state index >= 15 is 0 Å². The molecule has 0 spiro atoms. The van der Waals surface area contributed by atoms with Crippen molar-refractivity contribution in [3.05, 3.63) is 24.2 Å². The van der Waals surface area contributed by atoms with Gasteiger partial charge in [-0.15, -0.1) is 0 Å². The Kier molecular flexibility index (Phi) is 3.09. The molecule has 2 fully saturated rings. The maximum absolute atomic E-state index is 12.4. The van der Waals surface area contributed by atoms with Crippen molar-refractivity contribution in [2.45, 2.75) is 24.9 Å². The lowest BCUT2D eigenvalue weighted by Crippen LogP contribution is -2.56. The van der Waals surface area contributed by atoms with Gasteiger partial charge in [-0.2, -0.15) is 0 Å². The van der Waals surface area contributed by atoms with Crippen molar-refractivity contribution < 1.29 is 14.3 Å². The monoisotopic (exact) mass is 250 g/mol. The predicted molar refractivity (Wildman–Crippen MR) is 65.2 cm³/mol. The molecule has 0 radical (unpaired) electrons. The molecule has 5 nitrogen and oxygen atoms in total. The molecule has 18 heavy (non-hydrogen) atoms. The summed E-state index contributed by atoms with van der Waals surface area (Å²) in [7, 11) is 0. The summed E-state index contributed by atoms with van der Waals surface area (Å²) in [6.45, 7) is 2.62. The topological polar surface area (TPSA) is 56.9 Å². The van der Waals surface area contributed by atoms with Crippen LogP contribution < -0.4 is 0 Å². The van der Waals surface area contributed by atoms with Crippen molar-refractivity contribution in [3.8, 4) is 0 Å². The van der Waals surface area contributed by atoms with Crippen LogP contribution in [0.3, 0.4) is 0 Å². The standard InChI is InChI=1S/C13H18N2O3/c16-6-5-14-8-10-3-4-11(9-14)15(10)13(17)12-2-1-7-18-12/h1-2,7,10-11,16H,3-6,8-9H2/t10-,11-/m0/s1. The zero-order valence-corrected chi connectivity index (χ0v) is 10.3. The Morgan fingerprint density at radius 3 is 2.67 bits per heavy atom. The second-order valence-electron chi connectivity index (χ2n) is 5.06. The number of aliphatic hydroxyl groups is 1. The van der Waals surface area contributed by atoms with Gasteiger partial charge in [-0.1, -0.05) is 0 Å². The van der Waals surface area contributed by atoms with Gasteiger partial charge in [0.2, 0.25) is 0 Å². The highest BCUT2D eigenvalue weighted by Crippen LogP contribution is 2.31. The average molecular weight is 250 g/mol. The molecule has 5 heteroatoms. The molecule has 1 aromatic heterocycles. The van der Waals surface area contributed by atoms with Gasteiger partial charge in [0.25, 0.3) is 5.91 Å². The molecule has 2 atom stereocenters. The molecular formula is C13H18N2O3. The number of amides is 1. The van der Waals surface area contributed by atoms with Crippen LogP contribution in [-0.4, -0.2) is 59.1 Å². The molecule has 1 aromatic rings. The lowest BCUT2D eigenvalue weighted by Gasteiger charge is -2.40. The fraction of sp³-hybridized carbons (Fsp3) is 0.615. The van der Waals surface area contributed by atoms with Gasteiger partial charge in [0, 0.05) is 31.7 Å². The average Bonchev–Trinajstić information content (AvgIpc) is 2.97. The first-order chi connectivity index (χ1) is 8.79. The summed E-state index contributed by atoms with van der Waals surface area (Å²) in [5.74, 6) is 0.443. The van der Waals surface area contributed by atoms with Gasteiger partial charge in [-0.3, -0.25) is 9.69 Å². The number of fused-ring (bicyclic) bond motifs is 2. The van der Waals surface area contributed by atoms with E-state index in [0.29, 0.717) is 12.3 Å². The molecule has 0 aliphatic carbocycles. The van der Waals surface area contributed by atoms with Crippen molar-refractivity contribution in [3.63, 3.8) is 0 Å². The summed E-state index contributed by atoms with van der Waals surface area (Å²) in [6.07, 6.45) is 3.65. The Labute approximate surface area is 106 Å². The number of nitrogens with zero attached hydrogens (tertiary/aromatic N) is 2. The minimum atomic E-state index is 0.0103. The fourth-order valence-electron chi connectivity index (χ4n) is 3.17. The first-order valence-corrected chi connectivity index (χ1v) is 6.49. The highest BCUT2D eigenvalue weighted by atomic mass is 16.3. The number of aliphatic hydroxyl groups excluding tert-OH is 1. The predicted octanol–water partition coefficient (Wildman–Crippen LogP) is 0.561. The highest BCUT2D eigenvalue weighted by Gasteiger charge is 2.43. The summed E-state index contributed by atoms with van der Waals surface area (Å²) in [5, 5.41) is 9.00. The third-order valence-corrected chi connectivity index (χ3v) is 3.94. The van der Waals surface area contributed by atoms with Crippen LogP contribution in [0.1, 0.15) is 23.4 Å². The SMILES string of the molecule is O=C(c1ccco1)N1[C@H]2CC[C@H]1CN(CCO)C2. The molecule has 0 unspecified atom stereocenters. The third-order valence-electron chi connectivity index (χ3n) is 3.94. The minimum Gasteiger partial charge on any atom is -0.459 e. The van der Waals surface area contributed by atoms with Crippen molar-refractivity contribution in [2.75, 3.05) is 26.2 Å².